The molecule has 7 heteroatoms. The van der Waals surface area contributed by atoms with E-state index in [1.807, 2.05) is 30.3 Å². The third kappa shape index (κ3) is 3.58. The number of ether oxygens (including phenoxy) is 1. The molecule has 0 amide bonds. The van der Waals surface area contributed by atoms with Crippen LogP contribution in [-0.2, 0) is 11.3 Å². The molecule has 0 aliphatic rings. The minimum absolute atomic E-state index is 0.0127. The van der Waals surface area contributed by atoms with E-state index < -0.39 is 5.97 Å². The SMILES string of the molecule is Cc1oc(-c2ccccc2)nc1COC(=O)c1cnc(Cl)c(Cl)c1. The van der Waals surface area contributed by atoms with Crippen molar-refractivity contribution >= 4 is 29.2 Å². The quantitative estimate of drug-likeness (QED) is 0.496. The zero-order valence-corrected chi connectivity index (χ0v) is 14.1. The number of benzene rings is 1. The van der Waals surface area contributed by atoms with E-state index in [1.165, 1.54) is 12.3 Å². The summed E-state index contributed by atoms with van der Waals surface area (Å²) in [4.78, 5) is 20.2. The first-order valence-electron chi connectivity index (χ1n) is 7.04. The van der Waals surface area contributed by atoms with Crippen molar-refractivity contribution in [2.75, 3.05) is 0 Å². The van der Waals surface area contributed by atoms with Gasteiger partial charge >= 0.3 is 5.97 Å². The summed E-state index contributed by atoms with van der Waals surface area (Å²) in [7, 11) is 0. The van der Waals surface area contributed by atoms with Gasteiger partial charge in [0.1, 0.15) is 23.2 Å². The first kappa shape index (κ1) is 16.5. The maximum absolute atomic E-state index is 12.0. The van der Waals surface area contributed by atoms with Gasteiger partial charge < -0.3 is 9.15 Å². The molecule has 3 aromatic rings. The summed E-state index contributed by atoms with van der Waals surface area (Å²) in [5, 5.41) is 0.322. The van der Waals surface area contributed by atoms with Gasteiger partial charge in [-0.3, -0.25) is 0 Å². The summed E-state index contributed by atoms with van der Waals surface area (Å²) in [6.07, 6.45) is 1.31. The smallest absolute Gasteiger partial charge is 0.340 e. The van der Waals surface area contributed by atoms with E-state index >= 15 is 0 Å². The first-order valence-corrected chi connectivity index (χ1v) is 7.80. The van der Waals surface area contributed by atoms with E-state index in [0.29, 0.717) is 17.3 Å². The Morgan fingerprint density at radius 1 is 1.25 bits per heavy atom. The van der Waals surface area contributed by atoms with Crippen LogP contribution in [0.4, 0.5) is 0 Å². The molecule has 0 aliphatic heterocycles. The normalized spacial score (nSPS) is 10.6. The summed E-state index contributed by atoms with van der Waals surface area (Å²) in [6.45, 7) is 1.75. The molecule has 0 spiro atoms. The highest BCUT2D eigenvalue weighted by molar-refractivity contribution is 6.41. The maximum Gasteiger partial charge on any atom is 0.340 e. The summed E-state index contributed by atoms with van der Waals surface area (Å²) < 4.78 is 10.9. The van der Waals surface area contributed by atoms with E-state index in [2.05, 4.69) is 9.97 Å². The lowest BCUT2D eigenvalue weighted by molar-refractivity contribution is 0.0466. The van der Waals surface area contributed by atoms with Crippen LogP contribution in [0.1, 0.15) is 21.8 Å². The summed E-state index contributed by atoms with van der Waals surface area (Å²) in [5.74, 6) is 0.508. The largest absolute Gasteiger partial charge is 0.455 e. The lowest BCUT2D eigenvalue weighted by atomic mass is 10.2. The van der Waals surface area contributed by atoms with Gasteiger partial charge in [-0.1, -0.05) is 41.4 Å². The van der Waals surface area contributed by atoms with Crippen molar-refractivity contribution in [1.29, 1.82) is 0 Å². The number of pyridine rings is 1. The average Bonchev–Trinajstić information content (AvgIpc) is 2.97. The van der Waals surface area contributed by atoms with Crippen LogP contribution in [0.5, 0.6) is 0 Å². The van der Waals surface area contributed by atoms with E-state index in [4.69, 9.17) is 32.4 Å². The minimum Gasteiger partial charge on any atom is -0.455 e. The summed E-state index contributed by atoms with van der Waals surface area (Å²) >= 11 is 11.6. The van der Waals surface area contributed by atoms with Gasteiger partial charge in [0.2, 0.25) is 5.89 Å². The van der Waals surface area contributed by atoms with Gasteiger partial charge in [0.15, 0.2) is 0 Å². The monoisotopic (exact) mass is 362 g/mol. The molecule has 3 rings (SSSR count). The van der Waals surface area contributed by atoms with Crippen LogP contribution in [0.15, 0.2) is 47.0 Å². The van der Waals surface area contributed by atoms with E-state index in [0.717, 1.165) is 5.56 Å². The Morgan fingerprint density at radius 3 is 2.71 bits per heavy atom. The second kappa shape index (κ2) is 7.03. The number of hydrogen-bond donors (Lipinski definition) is 0. The van der Waals surface area contributed by atoms with Crippen LogP contribution in [-0.4, -0.2) is 15.9 Å². The number of nitrogens with zero attached hydrogens (tertiary/aromatic N) is 2. The lowest BCUT2D eigenvalue weighted by Crippen LogP contribution is -2.06. The van der Waals surface area contributed by atoms with Gasteiger partial charge in [0.25, 0.3) is 0 Å². The number of esters is 1. The highest BCUT2D eigenvalue weighted by atomic mass is 35.5. The topological polar surface area (TPSA) is 65.2 Å². The number of aromatic nitrogens is 2. The lowest BCUT2D eigenvalue weighted by Gasteiger charge is -2.03. The van der Waals surface area contributed by atoms with Crippen molar-refractivity contribution in [2.45, 2.75) is 13.5 Å². The van der Waals surface area contributed by atoms with Gasteiger partial charge in [-0.15, -0.1) is 0 Å². The zero-order valence-electron chi connectivity index (χ0n) is 12.6. The van der Waals surface area contributed by atoms with Crippen LogP contribution in [0.2, 0.25) is 10.2 Å². The molecule has 0 N–H and O–H groups in total. The number of rotatable bonds is 4. The van der Waals surface area contributed by atoms with E-state index in [-0.39, 0.29) is 22.3 Å². The predicted molar refractivity (Wildman–Crippen MR) is 90.1 cm³/mol. The standard InChI is InChI=1S/C17H12Cl2N2O3/c1-10-14(21-16(24-10)11-5-3-2-4-6-11)9-23-17(22)12-7-13(18)15(19)20-8-12/h2-8H,9H2,1H3. The number of carbonyl (C=O) groups excluding carboxylic acids is 1. The molecule has 1 aromatic carbocycles. The van der Waals surface area contributed by atoms with Gasteiger partial charge in [-0.25, -0.2) is 14.8 Å². The van der Waals surface area contributed by atoms with Crippen LogP contribution < -0.4 is 0 Å². The molecule has 5 nitrogen and oxygen atoms in total. The maximum atomic E-state index is 12.0. The minimum atomic E-state index is -0.565. The predicted octanol–water partition coefficient (Wildman–Crippen LogP) is 4.71. The van der Waals surface area contributed by atoms with Gasteiger partial charge in [-0.2, -0.15) is 0 Å². The highest BCUT2D eigenvalue weighted by Gasteiger charge is 2.15. The number of oxazole rings is 1. The van der Waals surface area contributed by atoms with Gasteiger partial charge in [0, 0.05) is 11.8 Å². The first-order chi connectivity index (χ1) is 11.5. The fourth-order valence-electron chi connectivity index (χ4n) is 2.02. The van der Waals surface area contributed by atoms with Crippen LogP contribution in [0.3, 0.4) is 0 Å². The third-order valence-corrected chi connectivity index (χ3v) is 3.97. The van der Waals surface area contributed by atoms with Crippen LogP contribution >= 0.6 is 23.2 Å². The molecular weight excluding hydrogens is 351 g/mol. The molecule has 2 heterocycles. The summed E-state index contributed by atoms with van der Waals surface area (Å²) in [5.41, 5.74) is 1.62. The number of carbonyl (C=O) groups is 1. The van der Waals surface area contributed by atoms with E-state index in [1.54, 1.807) is 6.92 Å². The summed E-state index contributed by atoms with van der Waals surface area (Å²) in [6, 6.07) is 10.9. The molecule has 122 valence electrons. The number of aryl methyl sites for hydroxylation is 1. The Bertz CT molecular complexity index is 879. The molecule has 2 aromatic heterocycles. The second-order valence-electron chi connectivity index (χ2n) is 4.96. The van der Waals surface area contributed by atoms with Crippen molar-refractivity contribution in [2.24, 2.45) is 0 Å². The molecule has 0 atom stereocenters. The number of hydrogen-bond acceptors (Lipinski definition) is 5. The molecular formula is C17H12Cl2N2O3. The highest BCUT2D eigenvalue weighted by Crippen LogP contribution is 2.23. The fourth-order valence-corrected chi connectivity index (χ4v) is 2.29. The molecule has 0 saturated carbocycles. The van der Waals surface area contributed by atoms with Crippen molar-refractivity contribution in [3.8, 4) is 11.5 Å². The number of halogens is 2. The Balaban J connectivity index is 1.71. The third-order valence-electron chi connectivity index (χ3n) is 3.29. The fraction of sp³-hybridized carbons (Fsp3) is 0.118. The zero-order chi connectivity index (χ0) is 17.1. The Hall–Kier alpha value is -2.37. The van der Waals surface area contributed by atoms with Gasteiger partial charge in [0.05, 0.1) is 10.6 Å². The van der Waals surface area contributed by atoms with Crippen LogP contribution in [0.25, 0.3) is 11.5 Å². The van der Waals surface area contributed by atoms with Crippen LogP contribution in [0, 0.1) is 6.92 Å². The van der Waals surface area contributed by atoms with Crippen molar-refractivity contribution < 1.29 is 13.9 Å². The van der Waals surface area contributed by atoms with Crippen molar-refractivity contribution in [3.63, 3.8) is 0 Å². The Kier molecular flexibility index (Phi) is 4.83. The van der Waals surface area contributed by atoms with Gasteiger partial charge in [-0.05, 0) is 25.1 Å². The molecule has 0 fully saturated rings. The van der Waals surface area contributed by atoms with E-state index in [9.17, 15) is 4.79 Å². The molecule has 0 saturated heterocycles. The van der Waals surface area contributed by atoms with Crippen molar-refractivity contribution in [3.05, 3.63) is 69.8 Å². The molecule has 24 heavy (non-hydrogen) atoms. The average molecular weight is 363 g/mol. The molecule has 0 radical (unpaired) electrons. The Morgan fingerprint density at radius 2 is 2.00 bits per heavy atom. The second-order valence-corrected chi connectivity index (χ2v) is 5.73. The molecule has 0 aliphatic carbocycles. The van der Waals surface area contributed by atoms with Crippen molar-refractivity contribution in [1.82, 2.24) is 9.97 Å². The molecule has 0 bridgehead atoms. The molecule has 0 unspecified atom stereocenters. The Labute approximate surface area is 148 Å².